The third-order valence-corrected chi connectivity index (χ3v) is 6.98. The van der Waals surface area contributed by atoms with Crippen LogP contribution in [0.4, 0.5) is 17.5 Å². The number of ether oxygens (including phenoxy) is 1. The topological polar surface area (TPSA) is 105 Å². The minimum absolute atomic E-state index is 0.339. The van der Waals surface area contributed by atoms with Crippen LogP contribution in [0.25, 0.3) is 11.0 Å². The Kier molecular flexibility index (Phi) is 5.34. The van der Waals surface area contributed by atoms with Crippen molar-refractivity contribution in [3.8, 4) is 0 Å². The van der Waals surface area contributed by atoms with Crippen molar-refractivity contribution in [1.82, 2.24) is 14.5 Å². The first-order valence-corrected chi connectivity index (χ1v) is 11.9. The van der Waals surface area contributed by atoms with E-state index in [1.807, 2.05) is 11.2 Å². The first kappa shape index (κ1) is 20.9. The van der Waals surface area contributed by atoms with Gasteiger partial charge in [-0.05, 0) is 50.1 Å². The minimum Gasteiger partial charge on any atom is -0.481 e. The predicted molar refractivity (Wildman–Crippen MR) is 125 cm³/mol. The maximum absolute atomic E-state index is 11.2. The Balaban J connectivity index is 1.60. The zero-order valence-corrected chi connectivity index (χ0v) is 18.9. The van der Waals surface area contributed by atoms with E-state index in [4.69, 9.17) is 14.8 Å². The van der Waals surface area contributed by atoms with Gasteiger partial charge in [-0.1, -0.05) is 19.3 Å². The Morgan fingerprint density at radius 3 is 2.62 bits per heavy atom. The van der Waals surface area contributed by atoms with E-state index in [9.17, 15) is 8.76 Å². The van der Waals surface area contributed by atoms with Crippen molar-refractivity contribution in [2.24, 2.45) is 5.10 Å². The monoisotopic (exact) mass is 454 g/mol. The van der Waals surface area contributed by atoms with Crippen molar-refractivity contribution in [3.63, 3.8) is 0 Å². The van der Waals surface area contributed by atoms with Crippen LogP contribution in [0.3, 0.4) is 0 Å². The fourth-order valence-electron chi connectivity index (χ4n) is 4.82. The molecule has 168 valence electrons. The van der Waals surface area contributed by atoms with Crippen LogP contribution in [0.15, 0.2) is 46.5 Å². The lowest BCUT2D eigenvalue weighted by molar-refractivity contribution is 0.221. The molecule has 3 aromatic rings. The van der Waals surface area contributed by atoms with Crippen molar-refractivity contribution in [1.29, 1.82) is 0 Å². The van der Waals surface area contributed by atoms with E-state index in [-0.39, 0.29) is 5.54 Å². The summed E-state index contributed by atoms with van der Waals surface area (Å²) in [6.45, 7) is 2.79. The standard InChI is InChI=1S/C22H26N6O3S/c1-3-27-18-13-15-14-23-21(24-16-7-9-17(10-8-16)32(29)30)25-19(15)28(18)22(20(26-27)31-2)11-5-4-6-12-22/h7-10,13-14H,3-6,11-12H2,1-2H3,(H,29,30)(H,23,24,25). The second-order valence-corrected chi connectivity index (χ2v) is 9.10. The third kappa shape index (κ3) is 3.34. The fraction of sp³-hybridized carbons (Fsp3) is 0.409. The van der Waals surface area contributed by atoms with Crippen molar-refractivity contribution >= 4 is 45.5 Å². The maximum Gasteiger partial charge on any atom is 0.232 e. The Bertz CT molecular complexity index is 1200. The van der Waals surface area contributed by atoms with Gasteiger partial charge in [-0.15, -0.1) is 5.10 Å². The lowest BCUT2D eigenvalue weighted by Gasteiger charge is -2.43. The van der Waals surface area contributed by atoms with Crippen LogP contribution in [0.1, 0.15) is 39.0 Å². The summed E-state index contributed by atoms with van der Waals surface area (Å²) in [6.07, 6.45) is 7.18. The number of hydrogen-bond acceptors (Lipinski definition) is 7. The molecule has 10 heteroatoms. The summed E-state index contributed by atoms with van der Waals surface area (Å²) in [5.41, 5.74) is 1.25. The lowest BCUT2D eigenvalue weighted by atomic mass is 9.80. The Hall–Kier alpha value is -2.98. The van der Waals surface area contributed by atoms with Gasteiger partial charge in [0, 0.05) is 23.8 Å². The molecule has 2 N–H and O–H groups in total. The van der Waals surface area contributed by atoms with Gasteiger partial charge < -0.3 is 14.6 Å². The van der Waals surface area contributed by atoms with E-state index in [0.29, 0.717) is 10.8 Å². The van der Waals surface area contributed by atoms with Gasteiger partial charge in [0.1, 0.15) is 17.0 Å². The average molecular weight is 455 g/mol. The van der Waals surface area contributed by atoms with Crippen molar-refractivity contribution in [2.75, 3.05) is 24.0 Å². The van der Waals surface area contributed by atoms with Gasteiger partial charge in [0.05, 0.1) is 12.0 Å². The number of nitrogens with one attached hydrogen (secondary N) is 1. The Morgan fingerprint density at radius 1 is 1.22 bits per heavy atom. The summed E-state index contributed by atoms with van der Waals surface area (Å²) in [5.74, 6) is 2.21. The van der Waals surface area contributed by atoms with Gasteiger partial charge in [0.25, 0.3) is 0 Å². The normalized spacial score (nSPS) is 18.3. The second kappa shape index (κ2) is 8.18. The number of anilines is 3. The Morgan fingerprint density at radius 2 is 1.97 bits per heavy atom. The van der Waals surface area contributed by atoms with Crippen LogP contribution >= 0.6 is 0 Å². The molecule has 3 heterocycles. The first-order valence-electron chi connectivity index (χ1n) is 10.8. The zero-order valence-electron chi connectivity index (χ0n) is 18.1. The lowest BCUT2D eigenvalue weighted by Crippen LogP contribution is -2.49. The van der Waals surface area contributed by atoms with E-state index in [2.05, 4.69) is 27.9 Å². The van der Waals surface area contributed by atoms with E-state index >= 15 is 0 Å². The molecule has 0 amide bonds. The molecule has 0 bridgehead atoms. The molecular weight excluding hydrogens is 428 g/mol. The summed E-state index contributed by atoms with van der Waals surface area (Å²) < 4.78 is 28.6. The van der Waals surface area contributed by atoms with E-state index in [0.717, 1.165) is 60.7 Å². The molecule has 1 spiro atoms. The van der Waals surface area contributed by atoms with Crippen molar-refractivity contribution in [3.05, 3.63) is 36.5 Å². The van der Waals surface area contributed by atoms with Gasteiger partial charge >= 0.3 is 0 Å². The number of rotatable bonds is 4. The number of hydrogen-bond donors (Lipinski definition) is 2. The van der Waals surface area contributed by atoms with E-state index < -0.39 is 11.1 Å². The molecule has 1 unspecified atom stereocenters. The molecule has 1 aliphatic heterocycles. The van der Waals surface area contributed by atoms with Crippen LogP contribution in [0.2, 0.25) is 0 Å². The van der Waals surface area contributed by atoms with Gasteiger partial charge in [-0.3, -0.25) is 4.57 Å². The predicted octanol–water partition coefficient (Wildman–Crippen LogP) is 4.21. The molecule has 1 fully saturated rings. The van der Waals surface area contributed by atoms with Gasteiger partial charge in [-0.2, -0.15) is 4.98 Å². The average Bonchev–Trinajstić information content (AvgIpc) is 3.20. The molecule has 1 aliphatic carbocycles. The molecule has 0 saturated heterocycles. The molecule has 32 heavy (non-hydrogen) atoms. The Labute approximate surface area is 188 Å². The van der Waals surface area contributed by atoms with Gasteiger partial charge in [0.2, 0.25) is 11.8 Å². The summed E-state index contributed by atoms with van der Waals surface area (Å²) in [5, 5.41) is 11.0. The highest BCUT2D eigenvalue weighted by atomic mass is 32.2. The molecule has 0 radical (unpaired) electrons. The smallest absolute Gasteiger partial charge is 0.232 e. The highest BCUT2D eigenvalue weighted by Crippen LogP contribution is 2.45. The highest BCUT2D eigenvalue weighted by Gasteiger charge is 2.46. The van der Waals surface area contributed by atoms with Gasteiger partial charge in [-0.25, -0.2) is 14.2 Å². The number of nitrogens with zero attached hydrogens (tertiary/aromatic N) is 5. The van der Waals surface area contributed by atoms with Crippen LogP contribution in [0.5, 0.6) is 0 Å². The van der Waals surface area contributed by atoms with E-state index in [1.165, 1.54) is 6.42 Å². The highest BCUT2D eigenvalue weighted by molar-refractivity contribution is 7.79. The first-order chi connectivity index (χ1) is 15.6. The summed E-state index contributed by atoms with van der Waals surface area (Å²) >= 11 is -2.00. The number of aromatic nitrogens is 3. The second-order valence-electron chi connectivity index (χ2n) is 8.13. The zero-order chi connectivity index (χ0) is 22.3. The van der Waals surface area contributed by atoms with Crippen LogP contribution in [0, 0.1) is 0 Å². The fourth-order valence-corrected chi connectivity index (χ4v) is 5.19. The van der Waals surface area contributed by atoms with Crippen molar-refractivity contribution in [2.45, 2.75) is 49.5 Å². The molecule has 1 aromatic carbocycles. The minimum atomic E-state index is -2.00. The van der Waals surface area contributed by atoms with Crippen LogP contribution in [-0.2, 0) is 21.4 Å². The number of benzene rings is 1. The summed E-state index contributed by atoms with van der Waals surface area (Å²) in [4.78, 5) is 9.72. The molecule has 9 nitrogen and oxygen atoms in total. The largest absolute Gasteiger partial charge is 0.481 e. The molecule has 2 aromatic heterocycles. The summed E-state index contributed by atoms with van der Waals surface area (Å²) in [6, 6.07) is 8.78. The maximum atomic E-state index is 11.2. The van der Waals surface area contributed by atoms with Crippen LogP contribution < -0.4 is 10.3 Å². The molecule has 2 aliphatic rings. The quantitative estimate of drug-likeness (QED) is 0.569. The summed E-state index contributed by atoms with van der Waals surface area (Å²) in [7, 11) is 1.70. The van der Waals surface area contributed by atoms with Crippen LogP contribution in [-0.4, -0.2) is 42.8 Å². The third-order valence-electron chi connectivity index (χ3n) is 6.31. The number of fused-ring (bicyclic) bond motifs is 4. The van der Waals surface area contributed by atoms with Gasteiger partial charge in [0.15, 0.2) is 11.1 Å². The number of methoxy groups -OCH3 is 1. The van der Waals surface area contributed by atoms with E-state index in [1.54, 1.807) is 31.4 Å². The van der Waals surface area contributed by atoms with Crippen molar-refractivity contribution < 1.29 is 13.5 Å². The number of hydrazone groups is 1. The molecule has 1 saturated carbocycles. The SMILES string of the molecule is CCN1N=C(OC)C2(CCCCC2)n2c1cc1cnc(Nc3ccc(S(=O)O)cc3)nc12. The molecule has 5 rings (SSSR count). The molecular formula is C22H26N6O3S. The molecule has 1 atom stereocenters.